The number of aliphatic hydroxyl groups is 1. The second-order valence-corrected chi connectivity index (χ2v) is 4.53. The van der Waals surface area contributed by atoms with E-state index in [0.717, 1.165) is 0 Å². The molecule has 3 rings (SSSR count). The van der Waals surface area contributed by atoms with Crippen molar-refractivity contribution in [2.75, 3.05) is 4.90 Å². The summed E-state index contributed by atoms with van der Waals surface area (Å²) in [6.45, 7) is 1.26. The maximum absolute atomic E-state index is 14.0. The fourth-order valence-electron chi connectivity index (χ4n) is 2.53. The van der Waals surface area contributed by atoms with Crippen molar-refractivity contribution in [1.82, 2.24) is 0 Å². The molecule has 1 aliphatic heterocycles. The van der Waals surface area contributed by atoms with E-state index >= 15 is 0 Å². The zero-order chi connectivity index (χ0) is 12.5. The number of hydrogen-bond donors (Lipinski definition) is 1. The molecular formula is C15H14FNO. The van der Waals surface area contributed by atoms with Gasteiger partial charge in [0.05, 0.1) is 12.3 Å². The predicted molar refractivity (Wildman–Crippen MR) is 68.7 cm³/mol. The van der Waals surface area contributed by atoms with Crippen LogP contribution in [0.2, 0.25) is 0 Å². The van der Waals surface area contributed by atoms with Gasteiger partial charge in [-0.1, -0.05) is 36.4 Å². The van der Waals surface area contributed by atoms with E-state index in [0.29, 0.717) is 24.3 Å². The fourth-order valence-corrected chi connectivity index (χ4v) is 2.53. The molecule has 0 aromatic heterocycles. The maximum Gasteiger partial charge on any atom is 0.146 e. The van der Waals surface area contributed by atoms with Crippen LogP contribution in [-0.2, 0) is 19.7 Å². The van der Waals surface area contributed by atoms with Gasteiger partial charge in [-0.3, -0.25) is 0 Å². The summed E-state index contributed by atoms with van der Waals surface area (Å²) in [5.74, 6) is -0.269. The second kappa shape index (κ2) is 4.42. The highest BCUT2D eigenvalue weighted by molar-refractivity contribution is 5.58. The van der Waals surface area contributed by atoms with Gasteiger partial charge in [0.25, 0.3) is 0 Å². The molecule has 0 bridgehead atoms. The van der Waals surface area contributed by atoms with Crippen molar-refractivity contribution in [3.05, 3.63) is 65.0 Å². The van der Waals surface area contributed by atoms with Crippen LogP contribution in [0.3, 0.4) is 0 Å². The van der Waals surface area contributed by atoms with Gasteiger partial charge < -0.3 is 10.0 Å². The Balaban J connectivity index is 2.00. The SMILES string of the molecule is OCc1cccc(F)c1N1Cc2ccccc2C1. The minimum Gasteiger partial charge on any atom is -0.392 e. The zero-order valence-corrected chi connectivity index (χ0v) is 9.94. The van der Waals surface area contributed by atoms with E-state index in [1.165, 1.54) is 17.2 Å². The fraction of sp³-hybridized carbons (Fsp3) is 0.200. The quantitative estimate of drug-likeness (QED) is 0.876. The molecule has 0 atom stereocenters. The summed E-state index contributed by atoms with van der Waals surface area (Å²) in [5, 5.41) is 9.33. The van der Waals surface area contributed by atoms with Crippen molar-refractivity contribution in [1.29, 1.82) is 0 Å². The largest absolute Gasteiger partial charge is 0.392 e. The molecule has 0 fully saturated rings. The molecule has 0 aliphatic carbocycles. The maximum atomic E-state index is 14.0. The topological polar surface area (TPSA) is 23.5 Å². The standard InChI is InChI=1S/C15H14FNO/c16-14-7-3-6-13(10-18)15(14)17-8-11-4-1-2-5-12(11)9-17/h1-7,18H,8-10H2. The number of para-hydroxylation sites is 1. The van der Waals surface area contributed by atoms with Crippen LogP contribution in [0.15, 0.2) is 42.5 Å². The summed E-state index contributed by atoms with van der Waals surface area (Å²) in [6, 6.07) is 13.0. The van der Waals surface area contributed by atoms with Crippen LogP contribution in [0.5, 0.6) is 0 Å². The third-order valence-electron chi connectivity index (χ3n) is 3.40. The summed E-state index contributed by atoms with van der Waals surface area (Å²) in [6.07, 6.45) is 0. The lowest BCUT2D eigenvalue weighted by molar-refractivity contribution is 0.281. The van der Waals surface area contributed by atoms with E-state index in [2.05, 4.69) is 12.1 Å². The Morgan fingerprint density at radius 2 is 1.67 bits per heavy atom. The van der Waals surface area contributed by atoms with Crippen LogP contribution in [0, 0.1) is 5.82 Å². The minimum atomic E-state index is -0.269. The number of halogens is 1. The third-order valence-corrected chi connectivity index (χ3v) is 3.40. The van der Waals surface area contributed by atoms with Crippen molar-refractivity contribution in [3.8, 4) is 0 Å². The monoisotopic (exact) mass is 243 g/mol. The predicted octanol–water partition coefficient (Wildman–Crippen LogP) is 2.84. The van der Waals surface area contributed by atoms with Crippen molar-refractivity contribution in [2.24, 2.45) is 0 Å². The molecule has 0 saturated carbocycles. The molecule has 3 heteroatoms. The van der Waals surface area contributed by atoms with Crippen LogP contribution in [-0.4, -0.2) is 5.11 Å². The van der Waals surface area contributed by atoms with Crippen molar-refractivity contribution in [3.63, 3.8) is 0 Å². The molecule has 2 aromatic rings. The summed E-state index contributed by atoms with van der Waals surface area (Å²) in [5.41, 5.74) is 3.62. The van der Waals surface area contributed by atoms with E-state index in [1.54, 1.807) is 12.1 Å². The number of nitrogens with zero attached hydrogens (tertiary/aromatic N) is 1. The first-order chi connectivity index (χ1) is 8.79. The van der Waals surface area contributed by atoms with Gasteiger partial charge in [-0.25, -0.2) is 4.39 Å². The lowest BCUT2D eigenvalue weighted by Crippen LogP contribution is -2.18. The first-order valence-electron chi connectivity index (χ1n) is 5.99. The van der Waals surface area contributed by atoms with Crippen LogP contribution < -0.4 is 4.90 Å². The molecule has 0 amide bonds. The second-order valence-electron chi connectivity index (χ2n) is 4.53. The molecule has 2 nitrogen and oxygen atoms in total. The lowest BCUT2D eigenvalue weighted by atomic mass is 10.1. The first kappa shape index (κ1) is 11.2. The van der Waals surface area contributed by atoms with Gasteiger partial charge in [0.1, 0.15) is 5.82 Å². The van der Waals surface area contributed by atoms with E-state index < -0.39 is 0 Å². The molecule has 2 aromatic carbocycles. The molecule has 1 heterocycles. The Labute approximate surface area is 105 Å². The minimum absolute atomic E-state index is 0.139. The Hall–Kier alpha value is -1.87. The van der Waals surface area contributed by atoms with Crippen molar-refractivity contribution in [2.45, 2.75) is 19.7 Å². The Kier molecular flexibility index (Phi) is 2.76. The summed E-state index contributed by atoms with van der Waals surface area (Å²) in [4.78, 5) is 1.98. The average molecular weight is 243 g/mol. The highest BCUT2D eigenvalue weighted by atomic mass is 19.1. The molecule has 18 heavy (non-hydrogen) atoms. The number of benzene rings is 2. The highest BCUT2D eigenvalue weighted by Crippen LogP contribution is 2.32. The van der Waals surface area contributed by atoms with Crippen molar-refractivity contribution < 1.29 is 9.50 Å². The van der Waals surface area contributed by atoms with Gasteiger partial charge in [-0.2, -0.15) is 0 Å². The van der Waals surface area contributed by atoms with Gasteiger partial charge in [0.2, 0.25) is 0 Å². The van der Waals surface area contributed by atoms with Crippen LogP contribution in [0.4, 0.5) is 10.1 Å². The summed E-state index contributed by atoms with van der Waals surface area (Å²) < 4.78 is 14.0. The Bertz CT molecular complexity index is 557. The van der Waals surface area contributed by atoms with E-state index in [-0.39, 0.29) is 12.4 Å². The molecule has 0 radical (unpaired) electrons. The van der Waals surface area contributed by atoms with Gasteiger partial charge in [-0.05, 0) is 17.2 Å². The van der Waals surface area contributed by atoms with Crippen molar-refractivity contribution >= 4 is 5.69 Å². The van der Waals surface area contributed by atoms with Gasteiger partial charge in [-0.15, -0.1) is 0 Å². The third kappa shape index (κ3) is 1.77. The smallest absolute Gasteiger partial charge is 0.146 e. The molecule has 0 saturated heterocycles. The van der Waals surface area contributed by atoms with E-state index in [1.807, 2.05) is 17.0 Å². The molecule has 1 N–H and O–H groups in total. The van der Waals surface area contributed by atoms with Gasteiger partial charge in [0, 0.05) is 18.7 Å². The molecule has 0 unspecified atom stereocenters. The number of anilines is 1. The normalized spacial score (nSPS) is 13.8. The van der Waals surface area contributed by atoms with Crippen LogP contribution in [0.25, 0.3) is 0 Å². The van der Waals surface area contributed by atoms with E-state index in [4.69, 9.17) is 0 Å². The van der Waals surface area contributed by atoms with Gasteiger partial charge in [0.15, 0.2) is 0 Å². The number of aliphatic hydroxyl groups excluding tert-OH is 1. The van der Waals surface area contributed by atoms with E-state index in [9.17, 15) is 9.50 Å². The Morgan fingerprint density at radius 3 is 2.28 bits per heavy atom. The number of hydrogen-bond acceptors (Lipinski definition) is 2. The average Bonchev–Trinajstić information content (AvgIpc) is 2.81. The molecular weight excluding hydrogens is 229 g/mol. The lowest BCUT2D eigenvalue weighted by Gasteiger charge is -2.21. The number of rotatable bonds is 2. The highest BCUT2D eigenvalue weighted by Gasteiger charge is 2.22. The Morgan fingerprint density at radius 1 is 1.00 bits per heavy atom. The summed E-state index contributed by atoms with van der Waals surface area (Å²) >= 11 is 0. The summed E-state index contributed by atoms with van der Waals surface area (Å²) in [7, 11) is 0. The number of fused-ring (bicyclic) bond motifs is 1. The zero-order valence-electron chi connectivity index (χ0n) is 9.94. The van der Waals surface area contributed by atoms with Gasteiger partial charge >= 0.3 is 0 Å². The molecule has 1 aliphatic rings. The van der Waals surface area contributed by atoms with Crippen LogP contribution in [0.1, 0.15) is 16.7 Å². The molecule has 92 valence electrons. The molecule has 0 spiro atoms. The van der Waals surface area contributed by atoms with Crippen LogP contribution >= 0.6 is 0 Å². The first-order valence-corrected chi connectivity index (χ1v) is 5.99.